The molecule has 4 rings (SSSR count). The maximum absolute atomic E-state index is 13.7. The first-order valence-electron chi connectivity index (χ1n) is 12.0. The number of halogens is 1. The van der Waals surface area contributed by atoms with Gasteiger partial charge in [-0.2, -0.15) is 9.78 Å². The summed E-state index contributed by atoms with van der Waals surface area (Å²) in [5.41, 5.74) is 3.77. The molecule has 37 heavy (non-hydrogen) atoms. The van der Waals surface area contributed by atoms with E-state index in [4.69, 9.17) is 19.2 Å². The van der Waals surface area contributed by atoms with Gasteiger partial charge < -0.3 is 14.2 Å². The molecule has 0 amide bonds. The van der Waals surface area contributed by atoms with E-state index in [1.165, 1.54) is 4.68 Å². The lowest BCUT2D eigenvalue weighted by molar-refractivity contribution is 0.335. The second kappa shape index (κ2) is 11.2. The molecule has 1 heterocycles. The van der Waals surface area contributed by atoms with Gasteiger partial charge >= 0.3 is 0 Å². The molecule has 0 saturated heterocycles. The highest BCUT2D eigenvalue weighted by atomic mass is 79.9. The van der Waals surface area contributed by atoms with Gasteiger partial charge in [0.15, 0.2) is 17.3 Å². The fraction of sp³-hybridized carbons (Fsp3) is 0.276. The van der Waals surface area contributed by atoms with E-state index in [0.717, 1.165) is 26.9 Å². The van der Waals surface area contributed by atoms with Crippen molar-refractivity contribution in [2.24, 2.45) is 5.10 Å². The van der Waals surface area contributed by atoms with Crippen LogP contribution in [0, 0.1) is 6.92 Å². The molecule has 0 aliphatic heterocycles. The number of aryl methyl sites for hydroxylation is 1. The Morgan fingerprint density at radius 2 is 1.84 bits per heavy atom. The minimum absolute atomic E-state index is 0.212. The Kier molecular flexibility index (Phi) is 7.97. The van der Waals surface area contributed by atoms with Crippen molar-refractivity contribution in [2.45, 2.75) is 33.6 Å². The van der Waals surface area contributed by atoms with Crippen molar-refractivity contribution in [3.8, 4) is 28.6 Å². The largest absolute Gasteiger partial charge is 0.494 e. The Labute approximate surface area is 224 Å². The average Bonchev–Trinajstić information content (AvgIpc) is 2.87. The summed E-state index contributed by atoms with van der Waals surface area (Å²) < 4.78 is 19.1. The van der Waals surface area contributed by atoms with E-state index in [9.17, 15) is 4.79 Å². The normalized spacial score (nSPS) is 11.5. The Balaban J connectivity index is 2.00. The molecule has 0 N–H and O–H groups in total. The van der Waals surface area contributed by atoms with Crippen LogP contribution in [0.25, 0.3) is 22.3 Å². The maximum Gasteiger partial charge on any atom is 0.282 e. The van der Waals surface area contributed by atoms with Gasteiger partial charge in [0.2, 0.25) is 0 Å². The summed E-state index contributed by atoms with van der Waals surface area (Å²) in [5.74, 6) is 2.55. The smallest absolute Gasteiger partial charge is 0.282 e. The number of hydrogen-bond donors (Lipinski definition) is 0. The Bertz CT molecular complexity index is 1540. The van der Waals surface area contributed by atoms with Gasteiger partial charge in [-0.25, -0.2) is 4.98 Å². The topological polar surface area (TPSA) is 74.9 Å². The molecule has 0 fully saturated rings. The minimum atomic E-state index is -0.267. The molecule has 0 spiro atoms. The lowest BCUT2D eigenvalue weighted by Gasteiger charge is -2.18. The van der Waals surface area contributed by atoms with Gasteiger partial charge in [-0.3, -0.25) is 4.79 Å². The first kappa shape index (κ1) is 26.4. The molecule has 0 unspecified atom stereocenters. The summed E-state index contributed by atoms with van der Waals surface area (Å²) in [6, 6.07) is 15.0. The van der Waals surface area contributed by atoms with Crippen LogP contribution in [0.5, 0.6) is 17.2 Å². The predicted molar refractivity (Wildman–Crippen MR) is 152 cm³/mol. The Hall–Kier alpha value is -3.65. The number of para-hydroxylation sites is 1. The van der Waals surface area contributed by atoms with Crippen molar-refractivity contribution in [1.29, 1.82) is 0 Å². The molecular weight excluding hydrogens is 534 g/mol. The van der Waals surface area contributed by atoms with Gasteiger partial charge in [-0.15, -0.1) is 0 Å². The molecule has 0 radical (unpaired) electrons. The van der Waals surface area contributed by atoms with E-state index < -0.39 is 0 Å². The predicted octanol–water partition coefficient (Wildman–Crippen LogP) is 6.56. The lowest BCUT2D eigenvalue weighted by atomic mass is 9.96. The summed E-state index contributed by atoms with van der Waals surface area (Å²) in [4.78, 5) is 18.6. The molecule has 8 heteroatoms. The zero-order valence-corrected chi connectivity index (χ0v) is 23.4. The van der Waals surface area contributed by atoms with Crippen molar-refractivity contribution in [2.75, 3.05) is 20.8 Å². The number of rotatable bonds is 8. The molecule has 0 aliphatic rings. The van der Waals surface area contributed by atoms with Crippen molar-refractivity contribution < 1.29 is 14.2 Å². The molecule has 0 aliphatic carbocycles. The molecular formula is C29H30BrN3O4. The Morgan fingerprint density at radius 3 is 2.51 bits per heavy atom. The standard InChI is InChI=1S/C29H30BrN3O4/c1-7-37-25-12-18(4)23(15-22(25)17(2)3)28-32-24-11-9-8-10-21(24)29(34)33(28)31-16-19-13-20(30)14-26(35-5)27(19)36-6/h8-17H,7H2,1-6H3. The summed E-state index contributed by atoms with van der Waals surface area (Å²) in [6.45, 7) is 8.75. The van der Waals surface area contributed by atoms with Crippen LogP contribution in [0.3, 0.4) is 0 Å². The zero-order chi connectivity index (χ0) is 26.7. The van der Waals surface area contributed by atoms with Crippen LogP contribution in [-0.4, -0.2) is 36.7 Å². The van der Waals surface area contributed by atoms with Crippen LogP contribution in [0.2, 0.25) is 0 Å². The van der Waals surface area contributed by atoms with Crippen molar-refractivity contribution in [3.05, 3.63) is 80.0 Å². The number of benzene rings is 3. The van der Waals surface area contributed by atoms with Gasteiger partial charge in [-0.1, -0.05) is 41.9 Å². The fourth-order valence-electron chi connectivity index (χ4n) is 4.25. The third-order valence-electron chi connectivity index (χ3n) is 6.06. The van der Waals surface area contributed by atoms with E-state index in [1.807, 2.05) is 50.2 Å². The lowest BCUT2D eigenvalue weighted by Crippen LogP contribution is -2.21. The highest BCUT2D eigenvalue weighted by Gasteiger charge is 2.19. The first-order valence-corrected chi connectivity index (χ1v) is 12.8. The number of ether oxygens (including phenoxy) is 3. The van der Waals surface area contributed by atoms with Gasteiger partial charge in [-0.05, 0) is 67.3 Å². The SMILES string of the molecule is CCOc1cc(C)c(-c2nc3ccccc3c(=O)n2N=Cc2cc(Br)cc(OC)c2OC)cc1C(C)C. The maximum atomic E-state index is 13.7. The number of nitrogens with zero attached hydrogens (tertiary/aromatic N) is 3. The number of methoxy groups -OCH3 is 2. The summed E-state index contributed by atoms with van der Waals surface area (Å²) in [6.07, 6.45) is 1.58. The van der Waals surface area contributed by atoms with E-state index in [-0.39, 0.29) is 11.5 Å². The molecule has 0 saturated carbocycles. The van der Waals surface area contributed by atoms with Crippen LogP contribution in [-0.2, 0) is 0 Å². The third-order valence-corrected chi connectivity index (χ3v) is 6.52. The Morgan fingerprint density at radius 1 is 1.08 bits per heavy atom. The summed E-state index contributed by atoms with van der Waals surface area (Å²) in [5, 5.41) is 5.11. The van der Waals surface area contributed by atoms with Crippen LogP contribution >= 0.6 is 15.9 Å². The first-order chi connectivity index (χ1) is 17.8. The number of aromatic nitrogens is 2. The van der Waals surface area contributed by atoms with Crippen LogP contribution in [0.1, 0.15) is 43.4 Å². The molecule has 192 valence electrons. The average molecular weight is 564 g/mol. The van der Waals surface area contributed by atoms with Gasteiger partial charge in [0.05, 0.1) is 37.9 Å². The molecule has 4 aromatic rings. The van der Waals surface area contributed by atoms with Crippen LogP contribution in [0.4, 0.5) is 0 Å². The van der Waals surface area contributed by atoms with Crippen LogP contribution < -0.4 is 19.8 Å². The third kappa shape index (κ3) is 5.25. The summed E-state index contributed by atoms with van der Waals surface area (Å²) in [7, 11) is 3.14. The highest BCUT2D eigenvalue weighted by molar-refractivity contribution is 9.10. The molecule has 0 bridgehead atoms. The fourth-order valence-corrected chi connectivity index (χ4v) is 4.71. The van der Waals surface area contributed by atoms with Crippen molar-refractivity contribution in [3.63, 3.8) is 0 Å². The molecule has 3 aromatic carbocycles. The van der Waals surface area contributed by atoms with Crippen LogP contribution in [0.15, 0.2) is 62.9 Å². The molecule has 7 nitrogen and oxygen atoms in total. The quantitative estimate of drug-likeness (QED) is 0.227. The van der Waals surface area contributed by atoms with Crippen molar-refractivity contribution in [1.82, 2.24) is 9.66 Å². The monoisotopic (exact) mass is 563 g/mol. The number of hydrogen-bond acceptors (Lipinski definition) is 6. The second-order valence-corrected chi connectivity index (χ2v) is 9.75. The molecule has 0 atom stereocenters. The van der Waals surface area contributed by atoms with E-state index in [0.29, 0.717) is 40.4 Å². The van der Waals surface area contributed by atoms with E-state index in [2.05, 4.69) is 40.9 Å². The van der Waals surface area contributed by atoms with Gasteiger partial charge in [0.25, 0.3) is 5.56 Å². The van der Waals surface area contributed by atoms with Gasteiger partial charge in [0, 0.05) is 15.6 Å². The minimum Gasteiger partial charge on any atom is -0.494 e. The molecule has 1 aromatic heterocycles. The summed E-state index contributed by atoms with van der Waals surface area (Å²) >= 11 is 3.50. The zero-order valence-electron chi connectivity index (χ0n) is 21.8. The highest BCUT2D eigenvalue weighted by Crippen LogP contribution is 2.35. The number of fused-ring (bicyclic) bond motifs is 1. The van der Waals surface area contributed by atoms with Gasteiger partial charge in [0.1, 0.15) is 5.75 Å². The van der Waals surface area contributed by atoms with E-state index >= 15 is 0 Å². The second-order valence-electron chi connectivity index (χ2n) is 8.84. The van der Waals surface area contributed by atoms with E-state index in [1.54, 1.807) is 26.5 Å². The van der Waals surface area contributed by atoms with Crippen molar-refractivity contribution >= 4 is 33.0 Å².